The molecule has 0 saturated carbocycles. The van der Waals surface area contributed by atoms with Gasteiger partial charge in [-0.25, -0.2) is 18.1 Å². The summed E-state index contributed by atoms with van der Waals surface area (Å²) in [5, 5.41) is 6.58. The summed E-state index contributed by atoms with van der Waals surface area (Å²) >= 11 is 0. The third kappa shape index (κ3) is 5.35. The first-order valence-corrected chi connectivity index (χ1v) is 12.3. The Morgan fingerprint density at radius 3 is 2.50 bits per heavy atom. The van der Waals surface area contributed by atoms with Crippen molar-refractivity contribution in [3.05, 3.63) is 123 Å². The van der Waals surface area contributed by atoms with Crippen LogP contribution in [0.3, 0.4) is 0 Å². The molecule has 5 aromatic rings. The second-order valence-corrected chi connectivity index (χ2v) is 9.27. The predicted molar refractivity (Wildman–Crippen MR) is 143 cm³/mol. The first-order chi connectivity index (χ1) is 19.2. The molecule has 0 amide bonds. The molecular formula is C29H23F2N5O4. The number of ether oxygens (including phenoxy) is 1. The minimum absolute atomic E-state index is 0.0624. The minimum atomic E-state index is -0.843. The molecule has 0 aliphatic rings. The highest BCUT2D eigenvalue weighted by Crippen LogP contribution is 2.28. The van der Waals surface area contributed by atoms with E-state index in [0.717, 1.165) is 28.3 Å². The van der Waals surface area contributed by atoms with Gasteiger partial charge in [0.25, 0.3) is 5.56 Å². The fourth-order valence-electron chi connectivity index (χ4n) is 4.12. The number of halogens is 2. The van der Waals surface area contributed by atoms with Crippen LogP contribution in [0.2, 0.25) is 0 Å². The second-order valence-electron chi connectivity index (χ2n) is 9.27. The molecule has 3 aromatic heterocycles. The molecule has 0 fully saturated rings. The van der Waals surface area contributed by atoms with Gasteiger partial charge in [-0.15, -0.1) is 0 Å². The molecule has 0 saturated heterocycles. The summed E-state index contributed by atoms with van der Waals surface area (Å²) in [6.45, 7) is 3.45. The highest BCUT2D eigenvalue weighted by atomic mass is 19.1. The van der Waals surface area contributed by atoms with E-state index in [2.05, 4.69) is 15.2 Å². The van der Waals surface area contributed by atoms with Crippen LogP contribution in [0.25, 0.3) is 16.9 Å². The molecule has 40 heavy (non-hydrogen) atoms. The first-order valence-electron chi connectivity index (χ1n) is 12.3. The molecular weight excluding hydrogens is 520 g/mol. The van der Waals surface area contributed by atoms with E-state index in [9.17, 15) is 23.2 Å². The normalized spacial score (nSPS) is 11.1. The quantitative estimate of drug-likeness (QED) is 0.280. The van der Waals surface area contributed by atoms with Gasteiger partial charge >= 0.3 is 5.69 Å². The van der Waals surface area contributed by atoms with Crippen molar-refractivity contribution >= 4 is 5.78 Å². The maximum absolute atomic E-state index is 15.0. The van der Waals surface area contributed by atoms with Crippen LogP contribution in [0.1, 0.15) is 35.8 Å². The number of aromatic amines is 1. The Labute approximate surface area is 226 Å². The highest BCUT2D eigenvalue weighted by molar-refractivity contribution is 5.97. The predicted octanol–water partition coefficient (Wildman–Crippen LogP) is 4.86. The number of pyridine rings is 1. The van der Waals surface area contributed by atoms with Crippen molar-refractivity contribution in [2.24, 2.45) is 0 Å². The Bertz CT molecular complexity index is 1810. The number of Topliss-reactive ketones (excluding diaryl/α,β-unsaturated/α-hetero) is 1. The summed E-state index contributed by atoms with van der Waals surface area (Å²) in [6, 6.07) is 11.7. The van der Waals surface area contributed by atoms with Gasteiger partial charge in [0.2, 0.25) is 0 Å². The van der Waals surface area contributed by atoms with Gasteiger partial charge in [0, 0.05) is 42.7 Å². The minimum Gasteiger partial charge on any atom is -0.454 e. The van der Waals surface area contributed by atoms with Crippen molar-refractivity contribution in [2.75, 3.05) is 0 Å². The van der Waals surface area contributed by atoms with Crippen molar-refractivity contribution in [1.82, 2.24) is 24.3 Å². The van der Waals surface area contributed by atoms with Crippen molar-refractivity contribution < 1.29 is 18.3 Å². The van der Waals surface area contributed by atoms with Gasteiger partial charge < -0.3 is 4.74 Å². The molecule has 3 heterocycles. The van der Waals surface area contributed by atoms with E-state index >= 15 is 0 Å². The molecule has 0 radical (unpaired) electrons. The van der Waals surface area contributed by atoms with Crippen LogP contribution in [0, 0.1) is 11.6 Å². The number of ketones is 1. The molecule has 0 aliphatic heterocycles. The molecule has 0 aliphatic carbocycles. The molecule has 11 heteroatoms. The summed E-state index contributed by atoms with van der Waals surface area (Å²) < 4.78 is 36.2. The third-order valence-corrected chi connectivity index (χ3v) is 6.17. The molecule has 2 aromatic carbocycles. The van der Waals surface area contributed by atoms with E-state index in [1.807, 2.05) is 0 Å². The Balaban J connectivity index is 1.42. The van der Waals surface area contributed by atoms with Crippen molar-refractivity contribution in [3.8, 4) is 28.4 Å². The van der Waals surface area contributed by atoms with Crippen molar-refractivity contribution in [1.29, 1.82) is 0 Å². The maximum atomic E-state index is 15.0. The number of nitrogens with one attached hydrogen (secondary N) is 1. The topological polar surface area (TPSA) is 112 Å². The van der Waals surface area contributed by atoms with Gasteiger partial charge in [-0.3, -0.25) is 24.2 Å². The lowest BCUT2D eigenvalue weighted by molar-refractivity contribution is 0.0990. The number of carbonyl (C=O) groups excluding carboxylic acids is 1. The number of carbonyl (C=O) groups is 1. The zero-order valence-electron chi connectivity index (χ0n) is 21.5. The lowest BCUT2D eigenvalue weighted by Crippen LogP contribution is -2.42. The fraction of sp³-hybridized carbons (Fsp3) is 0.138. The van der Waals surface area contributed by atoms with Crippen LogP contribution in [-0.4, -0.2) is 30.1 Å². The second kappa shape index (κ2) is 10.9. The Kier molecular flexibility index (Phi) is 7.19. The number of aromatic nitrogens is 5. The van der Waals surface area contributed by atoms with E-state index in [-0.39, 0.29) is 29.5 Å². The zero-order valence-corrected chi connectivity index (χ0v) is 21.5. The first kappa shape index (κ1) is 26.4. The lowest BCUT2D eigenvalue weighted by atomic mass is 10.0. The number of rotatable bonds is 8. The monoisotopic (exact) mass is 543 g/mol. The Morgan fingerprint density at radius 1 is 1.05 bits per heavy atom. The summed E-state index contributed by atoms with van der Waals surface area (Å²) in [4.78, 5) is 43.7. The standard InChI is InChI=1S/C29H23F2N5O4/c1-17(2)35-16-23(28(38)36(29(35)39)21-6-4-20(30)5-7-21)26(37)12-18-3-8-27(24(31)11-18)40-22-9-10-32-25(13-22)19-14-33-34-15-19/h3-11,13-17H,12H2,1-2H3,(H,33,34). The van der Waals surface area contributed by atoms with Crippen LogP contribution < -0.4 is 16.0 Å². The van der Waals surface area contributed by atoms with E-state index in [1.165, 1.54) is 41.2 Å². The van der Waals surface area contributed by atoms with Crippen LogP contribution in [-0.2, 0) is 6.42 Å². The fourth-order valence-corrected chi connectivity index (χ4v) is 4.12. The van der Waals surface area contributed by atoms with E-state index in [0.29, 0.717) is 17.0 Å². The number of benzene rings is 2. The molecule has 1 N–H and O–H groups in total. The summed E-state index contributed by atoms with van der Waals surface area (Å²) in [5.41, 5.74) is -0.00147. The number of hydrogen-bond donors (Lipinski definition) is 1. The smallest absolute Gasteiger partial charge is 0.335 e. The number of H-pyrrole nitrogens is 1. The lowest BCUT2D eigenvalue weighted by Gasteiger charge is -2.15. The number of nitrogens with zero attached hydrogens (tertiary/aromatic N) is 4. The van der Waals surface area contributed by atoms with E-state index in [1.54, 1.807) is 38.4 Å². The average molecular weight is 544 g/mol. The Morgan fingerprint density at radius 2 is 1.82 bits per heavy atom. The largest absolute Gasteiger partial charge is 0.454 e. The SMILES string of the molecule is CC(C)n1cc(C(=O)Cc2ccc(Oc3ccnc(-c4cn[nH]c4)c3)c(F)c2)c(=O)n(-c2ccc(F)cc2)c1=O. The average Bonchev–Trinajstić information content (AvgIpc) is 3.47. The summed E-state index contributed by atoms with van der Waals surface area (Å²) in [7, 11) is 0. The van der Waals surface area contributed by atoms with Crippen molar-refractivity contribution in [3.63, 3.8) is 0 Å². The van der Waals surface area contributed by atoms with Gasteiger partial charge in [-0.05, 0) is 61.9 Å². The molecule has 9 nitrogen and oxygen atoms in total. The van der Waals surface area contributed by atoms with Gasteiger partial charge in [0.1, 0.15) is 17.1 Å². The maximum Gasteiger partial charge on any atom is 0.335 e. The molecule has 0 spiro atoms. The van der Waals surface area contributed by atoms with E-state index < -0.39 is 28.7 Å². The molecule has 0 atom stereocenters. The van der Waals surface area contributed by atoms with Crippen LogP contribution in [0.15, 0.2) is 89.0 Å². The van der Waals surface area contributed by atoms with Gasteiger partial charge in [0.15, 0.2) is 17.3 Å². The number of hydrogen-bond acceptors (Lipinski definition) is 6. The molecule has 202 valence electrons. The van der Waals surface area contributed by atoms with Crippen molar-refractivity contribution in [2.45, 2.75) is 26.3 Å². The van der Waals surface area contributed by atoms with Gasteiger partial charge in [0.05, 0.1) is 17.6 Å². The molecule has 5 rings (SSSR count). The molecule has 0 bridgehead atoms. The Hall–Kier alpha value is -5.19. The van der Waals surface area contributed by atoms with Gasteiger partial charge in [-0.2, -0.15) is 5.10 Å². The van der Waals surface area contributed by atoms with E-state index in [4.69, 9.17) is 4.74 Å². The molecule has 0 unspecified atom stereocenters. The summed E-state index contributed by atoms with van der Waals surface area (Å²) in [5.74, 6) is -1.56. The zero-order chi connectivity index (χ0) is 28.4. The van der Waals surface area contributed by atoms with Gasteiger partial charge in [-0.1, -0.05) is 6.07 Å². The highest BCUT2D eigenvalue weighted by Gasteiger charge is 2.20. The summed E-state index contributed by atoms with van der Waals surface area (Å²) in [6.07, 6.45) is 5.71. The van der Waals surface area contributed by atoms with Crippen LogP contribution >= 0.6 is 0 Å². The third-order valence-electron chi connectivity index (χ3n) is 6.17. The van der Waals surface area contributed by atoms with Crippen LogP contribution in [0.5, 0.6) is 11.5 Å². The van der Waals surface area contributed by atoms with Crippen LogP contribution in [0.4, 0.5) is 8.78 Å².